The molecule has 0 bridgehead atoms. The molecule has 1 aromatic rings. The van der Waals surface area contributed by atoms with E-state index in [9.17, 15) is 4.79 Å². The van der Waals surface area contributed by atoms with Gasteiger partial charge in [0, 0.05) is 6.07 Å². The molecule has 1 aromatic carbocycles. The van der Waals surface area contributed by atoms with Crippen molar-refractivity contribution >= 4 is 11.6 Å². The lowest BCUT2D eigenvalue weighted by Gasteiger charge is -2.17. The van der Waals surface area contributed by atoms with Crippen LogP contribution in [0.5, 0.6) is 11.5 Å². The molecule has 2 N–H and O–H groups in total. The van der Waals surface area contributed by atoms with Crippen LogP contribution in [0.1, 0.15) is 13.3 Å². The van der Waals surface area contributed by atoms with Gasteiger partial charge in [0.1, 0.15) is 11.5 Å². The van der Waals surface area contributed by atoms with Crippen LogP contribution in [0.3, 0.4) is 0 Å². The number of methoxy groups -OCH3 is 2. The Kier molecular flexibility index (Phi) is 4.27. The summed E-state index contributed by atoms with van der Waals surface area (Å²) in [5, 5.41) is 6.11. The second-order valence-electron chi connectivity index (χ2n) is 4.75. The summed E-state index contributed by atoms with van der Waals surface area (Å²) in [6.45, 7) is 2.96. The lowest BCUT2D eigenvalue weighted by molar-refractivity contribution is -0.118. The number of anilines is 1. The number of hydrogen-bond donors (Lipinski definition) is 2. The number of carbonyl (C=O) groups is 1. The van der Waals surface area contributed by atoms with Crippen molar-refractivity contribution < 1.29 is 14.3 Å². The van der Waals surface area contributed by atoms with Crippen LogP contribution < -0.4 is 20.1 Å². The zero-order valence-electron chi connectivity index (χ0n) is 11.5. The topological polar surface area (TPSA) is 59.6 Å². The van der Waals surface area contributed by atoms with E-state index in [0.29, 0.717) is 23.1 Å². The highest BCUT2D eigenvalue weighted by Gasteiger charge is 2.29. The monoisotopic (exact) mass is 264 g/mol. The maximum Gasteiger partial charge on any atom is 0.241 e. The van der Waals surface area contributed by atoms with Crippen LogP contribution in [-0.2, 0) is 4.79 Å². The Morgan fingerprint density at radius 2 is 2.16 bits per heavy atom. The van der Waals surface area contributed by atoms with Gasteiger partial charge in [-0.1, -0.05) is 6.92 Å². The Morgan fingerprint density at radius 1 is 1.37 bits per heavy atom. The van der Waals surface area contributed by atoms with Gasteiger partial charge < -0.3 is 20.1 Å². The summed E-state index contributed by atoms with van der Waals surface area (Å²) in [7, 11) is 3.17. The molecular weight excluding hydrogens is 244 g/mol. The van der Waals surface area contributed by atoms with Gasteiger partial charge in [-0.3, -0.25) is 4.79 Å². The van der Waals surface area contributed by atoms with Gasteiger partial charge in [-0.25, -0.2) is 0 Å². The Morgan fingerprint density at radius 3 is 2.74 bits per heavy atom. The number of ether oxygens (including phenoxy) is 2. The van der Waals surface area contributed by atoms with E-state index in [1.807, 2.05) is 0 Å². The molecule has 19 heavy (non-hydrogen) atoms. The van der Waals surface area contributed by atoms with Gasteiger partial charge in [0.05, 0.1) is 25.9 Å². The molecule has 104 valence electrons. The first-order chi connectivity index (χ1) is 9.15. The lowest BCUT2D eigenvalue weighted by atomic mass is 10.0. The van der Waals surface area contributed by atoms with Gasteiger partial charge in [0.2, 0.25) is 5.91 Å². The van der Waals surface area contributed by atoms with Crippen molar-refractivity contribution in [1.29, 1.82) is 0 Å². The minimum atomic E-state index is -0.143. The van der Waals surface area contributed by atoms with Crippen LogP contribution >= 0.6 is 0 Å². The molecule has 1 aliphatic rings. The smallest absolute Gasteiger partial charge is 0.241 e. The number of benzene rings is 1. The van der Waals surface area contributed by atoms with E-state index in [4.69, 9.17) is 9.47 Å². The first kappa shape index (κ1) is 13.7. The highest BCUT2D eigenvalue weighted by Crippen LogP contribution is 2.29. The molecule has 2 rings (SSSR count). The van der Waals surface area contributed by atoms with Crippen molar-refractivity contribution in [2.24, 2.45) is 5.92 Å². The van der Waals surface area contributed by atoms with Gasteiger partial charge in [-0.15, -0.1) is 0 Å². The summed E-state index contributed by atoms with van der Waals surface area (Å²) < 4.78 is 10.4. The molecule has 1 saturated heterocycles. The molecular formula is C14H20N2O3. The largest absolute Gasteiger partial charge is 0.497 e. The fraction of sp³-hybridized carbons (Fsp3) is 0.500. The predicted molar refractivity (Wildman–Crippen MR) is 73.7 cm³/mol. The number of rotatable bonds is 4. The third kappa shape index (κ3) is 2.98. The van der Waals surface area contributed by atoms with E-state index in [1.54, 1.807) is 32.4 Å². The number of carbonyl (C=O) groups excluding carboxylic acids is 1. The quantitative estimate of drug-likeness (QED) is 0.868. The first-order valence-corrected chi connectivity index (χ1v) is 6.42. The predicted octanol–water partition coefficient (Wildman–Crippen LogP) is 1.64. The fourth-order valence-corrected chi connectivity index (χ4v) is 2.31. The minimum absolute atomic E-state index is 0.0310. The van der Waals surface area contributed by atoms with E-state index in [2.05, 4.69) is 17.6 Å². The summed E-state index contributed by atoms with van der Waals surface area (Å²) >= 11 is 0. The zero-order chi connectivity index (χ0) is 13.8. The molecule has 2 unspecified atom stereocenters. The van der Waals surface area contributed by atoms with Crippen molar-refractivity contribution in [3.63, 3.8) is 0 Å². The summed E-state index contributed by atoms with van der Waals surface area (Å²) in [5.41, 5.74) is 0.632. The molecule has 1 aliphatic heterocycles. The van der Waals surface area contributed by atoms with Crippen molar-refractivity contribution in [3.8, 4) is 11.5 Å². The normalized spacial score (nSPS) is 22.1. The van der Waals surface area contributed by atoms with E-state index in [-0.39, 0.29) is 11.9 Å². The Bertz CT molecular complexity index is 462. The van der Waals surface area contributed by atoms with Gasteiger partial charge in [-0.05, 0) is 31.0 Å². The minimum Gasteiger partial charge on any atom is -0.497 e. The Balaban J connectivity index is 2.15. The van der Waals surface area contributed by atoms with Crippen molar-refractivity contribution in [3.05, 3.63) is 18.2 Å². The second kappa shape index (κ2) is 5.93. The van der Waals surface area contributed by atoms with Crippen molar-refractivity contribution in [2.45, 2.75) is 19.4 Å². The molecule has 1 amide bonds. The average Bonchev–Trinajstić information content (AvgIpc) is 2.85. The molecule has 0 spiro atoms. The van der Waals surface area contributed by atoms with Crippen molar-refractivity contribution in [1.82, 2.24) is 5.32 Å². The average molecular weight is 264 g/mol. The molecule has 0 saturated carbocycles. The van der Waals surface area contributed by atoms with E-state index in [0.717, 1.165) is 13.0 Å². The van der Waals surface area contributed by atoms with Gasteiger partial charge >= 0.3 is 0 Å². The molecule has 0 aliphatic carbocycles. The maximum absolute atomic E-state index is 12.2. The summed E-state index contributed by atoms with van der Waals surface area (Å²) in [5.74, 6) is 1.62. The third-order valence-electron chi connectivity index (χ3n) is 3.48. The van der Waals surface area contributed by atoms with Gasteiger partial charge in [-0.2, -0.15) is 0 Å². The highest BCUT2D eigenvalue weighted by molar-refractivity contribution is 5.96. The van der Waals surface area contributed by atoms with Gasteiger partial charge in [0.15, 0.2) is 0 Å². The van der Waals surface area contributed by atoms with Crippen molar-refractivity contribution in [2.75, 3.05) is 26.1 Å². The second-order valence-corrected chi connectivity index (χ2v) is 4.75. The number of amides is 1. The van der Waals surface area contributed by atoms with E-state index < -0.39 is 0 Å². The standard InChI is InChI=1S/C14H20N2O3/c1-9-6-7-15-13(9)14(17)16-11-8-10(18-2)4-5-12(11)19-3/h4-5,8-9,13,15H,6-7H2,1-3H3,(H,16,17). The number of hydrogen-bond acceptors (Lipinski definition) is 4. The van der Waals surface area contributed by atoms with E-state index >= 15 is 0 Å². The molecule has 1 heterocycles. The SMILES string of the molecule is COc1ccc(OC)c(NC(=O)C2NCCC2C)c1. The third-order valence-corrected chi connectivity index (χ3v) is 3.48. The summed E-state index contributed by atoms with van der Waals surface area (Å²) in [6.07, 6.45) is 1.02. The highest BCUT2D eigenvalue weighted by atomic mass is 16.5. The van der Waals surface area contributed by atoms with Crippen LogP contribution in [0.25, 0.3) is 0 Å². The number of nitrogens with one attached hydrogen (secondary N) is 2. The molecule has 1 fully saturated rings. The summed E-state index contributed by atoms with van der Waals surface area (Å²) in [4.78, 5) is 12.2. The van der Waals surface area contributed by atoms with Crippen LogP contribution in [0.2, 0.25) is 0 Å². The van der Waals surface area contributed by atoms with E-state index in [1.165, 1.54) is 0 Å². The first-order valence-electron chi connectivity index (χ1n) is 6.42. The molecule has 2 atom stereocenters. The van der Waals surface area contributed by atoms with Crippen LogP contribution in [-0.4, -0.2) is 32.7 Å². The molecule has 0 radical (unpaired) electrons. The van der Waals surface area contributed by atoms with Gasteiger partial charge in [0.25, 0.3) is 0 Å². The molecule has 5 heteroatoms. The maximum atomic E-state index is 12.2. The van der Waals surface area contributed by atoms with Crippen LogP contribution in [0, 0.1) is 5.92 Å². The fourth-order valence-electron chi connectivity index (χ4n) is 2.31. The zero-order valence-corrected chi connectivity index (χ0v) is 11.5. The summed E-state index contributed by atoms with van der Waals surface area (Å²) in [6, 6.07) is 5.19. The Hall–Kier alpha value is -1.75. The van der Waals surface area contributed by atoms with Crippen LogP contribution in [0.15, 0.2) is 18.2 Å². The van der Waals surface area contributed by atoms with Crippen LogP contribution in [0.4, 0.5) is 5.69 Å². The Labute approximate surface area is 113 Å². The molecule has 0 aromatic heterocycles. The molecule has 5 nitrogen and oxygen atoms in total. The lowest BCUT2D eigenvalue weighted by Crippen LogP contribution is -2.39.